The summed E-state index contributed by atoms with van der Waals surface area (Å²) in [5.41, 5.74) is 8.17. The van der Waals surface area contributed by atoms with E-state index >= 15 is 0 Å². The van der Waals surface area contributed by atoms with Gasteiger partial charge >= 0.3 is 0 Å². The van der Waals surface area contributed by atoms with Crippen LogP contribution in [0.4, 0.5) is 0 Å². The summed E-state index contributed by atoms with van der Waals surface area (Å²) in [6, 6.07) is 9.00. The van der Waals surface area contributed by atoms with Crippen molar-refractivity contribution in [2.75, 3.05) is 0 Å². The smallest absolute Gasteiger partial charge is 0.0707 e. The van der Waals surface area contributed by atoms with E-state index in [1.165, 1.54) is 41.5 Å². The molecule has 1 fully saturated rings. The zero-order chi connectivity index (χ0) is 13.0. The van der Waals surface area contributed by atoms with Crippen molar-refractivity contribution in [2.45, 2.75) is 39.0 Å². The number of aryl methyl sites for hydroxylation is 2. The van der Waals surface area contributed by atoms with E-state index in [0.717, 1.165) is 17.5 Å². The molecule has 1 saturated carbocycles. The summed E-state index contributed by atoms with van der Waals surface area (Å²) in [6.45, 7) is 4.33. The van der Waals surface area contributed by atoms with Crippen LogP contribution < -0.4 is 0 Å². The lowest BCUT2D eigenvalue weighted by molar-refractivity contribution is 0.237. The molecule has 3 aliphatic rings. The maximum atomic E-state index is 4.71. The largest absolute Gasteiger partial charge is 0.256 e. The summed E-state index contributed by atoms with van der Waals surface area (Å²) in [6.07, 6.45) is 6.20. The number of benzene rings is 1. The molecule has 1 heterocycles. The molecule has 3 aliphatic carbocycles. The molecule has 2 bridgehead atoms. The van der Waals surface area contributed by atoms with Crippen LogP contribution in [0.15, 0.2) is 30.5 Å². The number of hydrogen-bond donors (Lipinski definition) is 0. The third-order valence-electron chi connectivity index (χ3n) is 4.86. The third kappa shape index (κ3) is 1.72. The molecule has 2 aromatic rings. The van der Waals surface area contributed by atoms with Gasteiger partial charge < -0.3 is 0 Å². The molecule has 0 saturated heterocycles. The minimum Gasteiger partial charge on any atom is -0.256 e. The number of rotatable bonds is 1. The minimum absolute atomic E-state index is 0.821. The fraction of sp³-hybridized carbons (Fsp3) is 0.389. The van der Waals surface area contributed by atoms with Crippen LogP contribution in [0.1, 0.15) is 41.0 Å². The van der Waals surface area contributed by atoms with Crippen LogP contribution in [0.3, 0.4) is 0 Å². The highest BCUT2D eigenvalue weighted by atomic mass is 14.7. The van der Waals surface area contributed by atoms with Gasteiger partial charge in [-0.25, -0.2) is 0 Å². The van der Waals surface area contributed by atoms with Gasteiger partial charge in [0.15, 0.2) is 0 Å². The average molecular weight is 249 g/mol. The van der Waals surface area contributed by atoms with Crippen LogP contribution in [0.2, 0.25) is 0 Å². The second-order valence-corrected chi connectivity index (χ2v) is 6.33. The van der Waals surface area contributed by atoms with Gasteiger partial charge in [-0.05, 0) is 67.7 Å². The van der Waals surface area contributed by atoms with Crippen molar-refractivity contribution < 1.29 is 0 Å². The van der Waals surface area contributed by atoms with Gasteiger partial charge in [-0.3, -0.25) is 4.98 Å². The second-order valence-electron chi connectivity index (χ2n) is 6.33. The fourth-order valence-electron chi connectivity index (χ4n) is 3.77. The highest BCUT2D eigenvalue weighted by Crippen LogP contribution is 2.50. The zero-order valence-corrected chi connectivity index (χ0v) is 11.6. The Hall–Kier alpha value is -1.63. The molecule has 19 heavy (non-hydrogen) atoms. The van der Waals surface area contributed by atoms with Crippen molar-refractivity contribution in [3.63, 3.8) is 0 Å². The Labute approximate surface area is 114 Å². The molecular weight excluding hydrogens is 230 g/mol. The van der Waals surface area contributed by atoms with Gasteiger partial charge in [0.25, 0.3) is 0 Å². The number of nitrogens with zero attached hydrogens (tertiary/aromatic N) is 1. The Morgan fingerprint density at radius 3 is 2.74 bits per heavy atom. The molecule has 0 radical (unpaired) electrons. The van der Waals surface area contributed by atoms with Crippen molar-refractivity contribution in [1.29, 1.82) is 0 Å². The Balaban J connectivity index is 1.81. The van der Waals surface area contributed by atoms with E-state index < -0.39 is 0 Å². The average Bonchev–Trinajstić information content (AvgIpc) is 2.36. The maximum absolute atomic E-state index is 4.71. The molecule has 1 heteroatoms. The lowest BCUT2D eigenvalue weighted by Crippen LogP contribution is -2.30. The molecule has 0 unspecified atom stereocenters. The fourth-order valence-corrected chi connectivity index (χ4v) is 3.77. The van der Waals surface area contributed by atoms with E-state index in [2.05, 4.69) is 44.3 Å². The lowest BCUT2D eigenvalue weighted by Gasteiger charge is -2.42. The topological polar surface area (TPSA) is 12.9 Å². The van der Waals surface area contributed by atoms with Crippen LogP contribution in [0, 0.1) is 19.8 Å². The van der Waals surface area contributed by atoms with E-state index in [1.807, 2.05) is 0 Å². The third-order valence-corrected chi connectivity index (χ3v) is 4.86. The summed E-state index contributed by atoms with van der Waals surface area (Å²) in [4.78, 5) is 4.71. The predicted octanol–water partition coefficient (Wildman–Crippen LogP) is 4.42. The number of pyridine rings is 1. The highest BCUT2D eigenvalue weighted by molar-refractivity contribution is 5.65. The summed E-state index contributed by atoms with van der Waals surface area (Å²) >= 11 is 0. The van der Waals surface area contributed by atoms with Crippen molar-refractivity contribution in [3.05, 3.63) is 52.7 Å². The quantitative estimate of drug-likeness (QED) is 0.729. The van der Waals surface area contributed by atoms with E-state index in [4.69, 9.17) is 4.98 Å². The molecule has 0 atom stereocenters. The summed E-state index contributed by atoms with van der Waals surface area (Å²) in [5, 5.41) is 0. The van der Waals surface area contributed by atoms with Crippen LogP contribution in [-0.2, 0) is 6.42 Å². The van der Waals surface area contributed by atoms with Crippen LogP contribution in [0.25, 0.3) is 11.3 Å². The Kier molecular flexibility index (Phi) is 2.32. The van der Waals surface area contributed by atoms with Crippen LogP contribution >= 0.6 is 0 Å². The maximum Gasteiger partial charge on any atom is 0.0707 e. The summed E-state index contributed by atoms with van der Waals surface area (Å²) in [5.74, 6) is 1.77. The van der Waals surface area contributed by atoms with E-state index in [1.54, 1.807) is 5.56 Å². The summed E-state index contributed by atoms with van der Waals surface area (Å²) in [7, 11) is 0. The Morgan fingerprint density at radius 1 is 1.11 bits per heavy atom. The molecule has 96 valence electrons. The van der Waals surface area contributed by atoms with E-state index in [9.17, 15) is 0 Å². The first kappa shape index (κ1) is 11.2. The lowest BCUT2D eigenvalue weighted by atomic mass is 9.63. The molecule has 1 aromatic carbocycles. The number of aromatic nitrogens is 1. The molecule has 0 N–H and O–H groups in total. The van der Waals surface area contributed by atoms with E-state index in [0.29, 0.717) is 0 Å². The molecule has 0 spiro atoms. The predicted molar refractivity (Wildman–Crippen MR) is 78.3 cm³/mol. The molecule has 5 rings (SSSR count). The van der Waals surface area contributed by atoms with Crippen LogP contribution in [0.5, 0.6) is 0 Å². The SMILES string of the molecule is Cc1ccc(-c2cc3c(cn2)CC2CC3C2)c(C)c1. The number of hydrogen-bond acceptors (Lipinski definition) is 1. The van der Waals surface area contributed by atoms with Crippen molar-refractivity contribution in [3.8, 4) is 11.3 Å². The highest BCUT2D eigenvalue weighted by Gasteiger charge is 2.37. The van der Waals surface area contributed by atoms with Gasteiger partial charge in [0.05, 0.1) is 5.69 Å². The summed E-state index contributed by atoms with van der Waals surface area (Å²) < 4.78 is 0. The van der Waals surface area contributed by atoms with Gasteiger partial charge in [0, 0.05) is 11.8 Å². The molecule has 0 amide bonds. The van der Waals surface area contributed by atoms with Crippen molar-refractivity contribution in [1.82, 2.24) is 4.98 Å². The Bertz CT molecular complexity index is 651. The normalized spacial score (nSPS) is 23.7. The van der Waals surface area contributed by atoms with Crippen molar-refractivity contribution >= 4 is 0 Å². The monoisotopic (exact) mass is 249 g/mol. The van der Waals surface area contributed by atoms with Gasteiger partial charge in [0.1, 0.15) is 0 Å². The molecular formula is C18H19N. The van der Waals surface area contributed by atoms with Gasteiger partial charge in [-0.2, -0.15) is 0 Å². The van der Waals surface area contributed by atoms with Crippen LogP contribution in [-0.4, -0.2) is 4.98 Å². The Morgan fingerprint density at radius 2 is 1.95 bits per heavy atom. The van der Waals surface area contributed by atoms with Gasteiger partial charge in [-0.15, -0.1) is 0 Å². The molecule has 0 aliphatic heterocycles. The van der Waals surface area contributed by atoms with Gasteiger partial charge in [0.2, 0.25) is 0 Å². The van der Waals surface area contributed by atoms with Gasteiger partial charge in [-0.1, -0.05) is 23.8 Å². The first-order valence-corrected chi connectivity index (χ1v) is 7.27. The van der Waals surface area contributed by atoms with E-state index in [-0.39, 0.29) is 0 Å². The zero-order valence-electron chi connectivity index (χ0n) is 11.6. The first-order chi connectivity index (χ1) is 9.20. The molecule has 1 aromatic heterocycles. The minimum atomic E-state index is 0.821. The standard InChI is InChI=1S/C18H19N/c1-11-3-4-16(12(2)5-11)18-9-17-14-6-13(7-14)8-15(17)10-19-18/h3-5,9-10,13-14H,6-8H2,1-2H3. The van der Waals surface area contributed by atoms with Crippen molar-refractivity contribution in [2.24, 2.45) is 5.92 Å². The second kappa shape index (κ2) is 3.93. The first-order valence-electron chi connectivity index (χ1n) is 7.27. The molecule has 1 nitrogen and oxygen atoms in total.